The number of ether oxygens (including phenoxy) is 1. The van der Waals surface area contributed by atoms with E-state index in [2.05, 4.69) is 15.4 Å². The first kappa shape index (κ1) is 17.7. The Bertz CT molecular complexity index is 1220. The number of carbonyl (C=O) groups excluding carboxylic acids is 1. The van der Waals surface area contributed by atoms with Crippen LogP contribution in [0.3, 0.4) is 0 Å². The maximum absolute atomic E-state index is 12.4. The second-order valence-electron chi connectivity index (χ2n) is 6.97. The van der Waals surface area contributed by atoms with Gasteiger partial charge in [-0.1, -0.05) is 29.8 Å². The number of carbonyl (C=O) groups is 1. The molecule has 0 atom stereocenters. The molecule has 1 fully saturated rings. The van der Waals surface area contributed by atoms with Gasteiger partial charge in [-0.25, -0.2) is 9.50 Å². The average Bonchev–Trinajstić information content (AvgIpc) is 3.44. The lowest BCUT2D eigenvalue weighted by Gasteiger charge is -2.08. The van der Waals surface area contributed by atoms with Gasteiger partial charge in [-0.05, 0) is 49.2 Å². The smallest absolute Gasteiger partial charge is 0.251 e. The molecule has 0 saturated heterocycles. The molecule has 4 aromatic rings. The molecule has 29 heavy (non-hydrogen) atoms. The highest BCUT2D eigenvalue weighted by atomic mass is 35.5. The molecule has 0 spiro atoms. The van der Waals surface area contributed by atoms with Crippen molar-refractivity contribution in [3.05, 3.63) is 77.4 Å². The van der Waals surface area contributed by atoms with Crippen molar-refractivity contribution >= 4 is 23.2 Å². The van der Waals surface area contributed by atoms with Crippen LogP contribution in [0.2, 0.25) is 5.02 Å². The summed E-state index contributed by atoms with van der Waals surface area (Å²) in [7, 11) is 0. The average molecular weight is 405 g/mol. The molecule has 5 rings (SSSR count). The molecule has 0 radical (unpaired) electrons. The van der Waals surface area contributed by atoms with E-state index in [9.17, 15) is 4.79 Å². The number of aromatic nitrogens is 3. The van der Waals surface area contributed by atoms with Gasteiger partial charge in [0.2, 0.25) is 5.88 Å². The highest BCUT2D eigenvalue weighted by molar-refractivity contribution is 6.30. The van der Waals surface area contributed by atoms with E-state index < -0.39 is 0 Å². The Morgan fingerprint density at radius 3 is 2.79 bits per heavy atom. The maximum Gasteiger partial charge on any atom is 0.251 e. The number of hydrogen-bond donors (Lipinski definition) is 1. The summed E-state index contributed by atoms with van der Waals surface area (Å²) in [5.74, 6) is 0.965. The van der Waals surface area contributed by atoms with Gasteiger partial charge in [0.25, 0.3) is 5.91 Å². The van der Waals surface area contributed by atoms with E-state index in [0.29, 0.717) is 33.9 Å². The zero-order valence-electron chi connectivity index (χ0n) is 15.4. The number of halogens is 1. The lowest BCUT2D eigenvalue weighted by molar-refractivity contribution is 0.0951. The highest BCUT2D eigenvalue weighted by Crippen LogP contribution is 2.26. The zero-order chi connectivity index (χ0) is 19.8. The van der Waals surface area contributed by atoms with Crippen LogP contribution in [0.1, 0.15) is 23.2 Å². The number of hydrogen-bond acceptors (Lipinski definition) is 4. The molecule has 7 heteroatoms. The molecule has 2 aromatic carbocycles. The maximum atomic E-state index is 12.4. The molecule has 2 heterocycles. The van der Waals surface area contributed by atoms with Crippen molar-refractivity contribution in [1.29, 1.82) is 0 Å². The molecule has 0 aliphatic heterocycles. The van der Waals surface area contributed by atoms with E-state index in [0.717, 1.165) is 24.1 Å². The van der Waals surface area contributed by atoms with E-state index in [1.54, 1.807) is 28.9 Å². The van der Waals surface area contributed by atoms with Crippen LogP contribution in [0.5, 0.6) is 11.6 Å². The van der Waals surface area contributed by atoms with Crippen molar-refractivity contribution < 1.29 is 9.53 Å². The van der Waals surface area contributed by atoms with E-state index in [1.807, 2.05) is 42.5 Å². The minimum absolute atomic E-state index is 0.0545. The SMILES string of the molecule is O=C(NC1CC1)c1cccc(-c2cnc3ccc(Oc4cccc(Cl)c4)nn23)c1. The van der Waals surface area contributed by atoms with Crippen LogP contribution in [-0.4, -0.2) is 26.5 Å². The summed E-state index contributed by atoms with van der Waals surface area (Å²) < 4.78 is 7.54. The first-order chi connectivity index (χ1) is 14.2. The van der Waals surface area contributed by atoms with E-state index in [-0.39, 0.29) is 5.91 Å². The summed E-state index contributed by atoms with van der Waals surface area (Å²) in [6.45, 7) is 0. The molecule has 1 amide bonds. The van der Waals surface area contributed by atoms with Crippen molar-refractivity contribution in [2.75, 3.05) is 0 Å². The normalized spacial score (nSPS) is 13.4. The number of amides is 1. The number of imidazole rings is 1. The summed E-state index contributed by atoms with van der Waals surface area (Å²) in [5.41, 5.74) is 2.94. The molecule has 1 aliphatic carbocycles. The van der Waals surface area contributed by atoms with Crippen LogP contribution in [-0.2, 0) is 0 Å². The second-order valence-corrected chi connectivity index (χ2v) is 7.41. The standard InChI is InChI=1S/C22H17ClN4O2/c23-16-5-2-6-18(12-16)29-21-10-9-20-24-13-19(27(20)26-21)14-3-1-4-15(11-14)22(28)25-17-7-8-17/h1-6,9-13,17H,7-8H2,(H,25,28). The van der Waals surface area contributed by atoms with Crippen molar-refractivity contribution in [3.8, 4) is 22.9 Å². The fraction of sp³-hybridized carbons (Fsp3) is 0.136. The van der Waals surface area contributed by atoms with Crippen LogP contribution in [0.15, 0.2) is 66.9 Å². The van der Waals surface area contributed by atoms with E-state index >= 15 is 0 Å². The monoisotopic (exact) mass is 404 g/mol. The second kappa shape index (κ2) is 7.22. The molecule has 0 bridgehead atoms. The number of nitrogens with one attached hydrogen (secondary N) is 1. The molecule has 0 unspecified atom stereocenters. The van der Waals surface area contributed by atoms with Crippen LogP contribution in [0.25, 0.3) is 16.9 Å². The molecule has 6 nitrogen and oxygen atoms in total. The Hall–Kier alpha value is -3.38. The Kier molecular flexibility index (Phi) is 4.41. The van der Waals surface area contributed by atoms with Crippen LogP contribution in [0.4, 0.5) is 0 Å². The predicted octanol–water partition coefficient (Wildman–Crippen LogP) is 4.73. The Morgan fingerprint density at radius 1 is 1.10 bits per heavy atom. The lowest BCUT2D eigenvalue weighted by atomic mass is 10.1. The van der Waals surface area contributed by atoms with Gasteiger partial charge in [-0.2, -0.15) is 0 Å². The first-order valence-corrected chi connectivity index (χ1v) is 9.73. The topological polar surface area (TPSA) is 68.5 Å². The lowest BCUT2D eigenvalue weighted by Crippen LogP contribution is -2.25. The molecule has 2 aromatic heterocycles. The first-order valence-electron chi connectivity index (χ1n) is 9.35. The summed E-state index contributed by atoms with van der Waals surface area (Å²) in [4.78, 5) is 16.8. The Labute approximate surface area is 172 Å². The van der Waals surface area contributed by atoms with Gasteiger partial charge in [0, 0.05) is 28.3 Å². The fourth-order valence-electron chi connectivity index (χ4n) is 3.08. The summed E-state index contributed by atoms with van der Waals surface area (Å²) in [6.07, 6.45) is 3.85. The Balaban J connectivity index is 1.48. The van der Waals surface area contributed by atoms with Crippen molar-refractivity contribution in [3.63, 3.8) is 0 Å². The third-order valence-electron chi connectivity index (χ3n) is 4.69. The van der Waals surface area contributed by atoms with Gasteiger partial charge >= 0.3 is 0 Å². The third kappa shape index (κ3) is 3.79. The van der Waals surface area contributed by atoms with Gasteiger partial charge < -0.3 is 10.1 Å². The quantitative estimate of drug-likeness (QED) is 0.522. The number of fused-ring (bicyclic) bond motifs is 1. The zero-order valence-corrected chi connectivity index (χ0v) is 16.1. The molecular formula is C22H17ClN4O2. The summed E-state index contributed by atoms with van der Waals surface area (Å²) in [6, 6.07) is 18.5. The Morgan fingerprint density at radius 2 is 1.97 bits per heavy atom. The number of benzene rings is 2. The van der Waals surface area contributed by atoms with Crippen LogP contribution >= 0.6 is 11.6 Å². The largest absolute Gasteiger partial charge is 0.438 e. The molecule has 1 saturated carbocycles. The van der Waals surface area contributed by atoms with E-state index in [4.69, 9.17) is 16.3 Å². The minimum atomic E-state index is -0.0545. The van der Waals surface area contributed by atoms with E-state index in [1.165, 1.54) is 0 Å². The summed E-state index contributed by atoms with van der Waals surface area (Å²) in [5, 5.41) is 8.16. The molecular weight excluding hydrogens is 388 g/mol. The van der Waals surface area contributed by atoms with Gasteiger partial charge in [0.1, 0.15) is 5.75 Å². The molecule has 1 N–H and O–H groups in total. The van der Waals surface area contributed by atoms with Crippen molar-refractivity contribution in [2.24, 2.45) is 0 Å². The van der Waals surface area contributed by atoms with Crippen molar-refractivity contribution in [1.82, 2.24) is 19.9 Å². The van der Waals surface area contributed by atoms with Gasteiger partial charge in [-0.15, -0.1) is 5.10 Å². The highest BCUT2D eigenvalue weighted by Gasteiger charge is 2.24. The molecule has 1 aliphatic rings. The minimum Gasteiger partial charge on any atom is -0.438 e. The fourth-order valence-corrected chi connectivity index (χ4v) is 3.26. The van der Waals surface area contributed by atoms with Crippen LogP contribution < -0.4 is 10.1 Å². The number of nitrogens with zero attached hydrogens (tertiary/aromatic N) is 3. The van der Waals surface area contributed by atoms with Crippen molar-refractivity contribution in [2.45, 2.75) is 18.9 Å². The third-order valence-corrected chi connectivity index (χ3v) is 4.92. The molecule has 144 valence electrons. The van der Waals surface area contributed by atoms with Gasteiger partial charge in [0.05, 0.1) is 11.9 Å². The predicted molar refractivity (Wildman–Crippen MR) is 110 cm³/mol. The summed E-state index contributed by atoms with van der Waals surface area (Å²) >= 11 is 6.02. The van der Waals surface area contributed by atoms with Gasteiger partial charge in [0.15, 0.2) is 5.65 Å². The van der Waals surface area contributed by atoms with Gasteiger partial charge in [-0.3, -0.25) is 4.79 Å². The number of rotatable bonds is 5. The van der Waals surface area contributed by atoms with Crippen LogP contribution in [0, 0.1) is 0 Å².